The van der Waals surface area contributed by atoms with Crippen molar-refractivity contribution in [2.24, 2.45) is 0 Å². The van der Waals surface area contributed by atoms with Crippen LogP contribution in [-0.2, 0) is 16.1 Å². The maximum absolute atomic E-state index is 11.3. The molecule has 0 aliphatic rings. The Balaban J connectivity index is 2.15. The van der Waals surface area contributed by atoms with Gasteiger partial charge in [-0.2, -0.15) is 5.26 Å². The predicted octanol–water partition coefficient (Wildman–Crippen LogP) is 2.90. The van der Waals surface area contributed by atoms with Gasteiger partial charge in [0.15, 0.2) is 6.10 Å². The van der Waals surface area contributed by atoms with E-state index in [-0.39, 0.29) is 6.61 Å². The molecule has 0 saturated carbocycles. The van der Waals surface area contributed by atoms with Gasteiger partial charge in [-0.3, -0.25) is 0 Å². The van der Waals surface area contributed by atoms with Crippen LogP contribution in [0, 0.1) is 11.3 Å². The summed E-state index contributed by atoms with van der Waals surface area (Å²) in [6.45, 7) is 0.203. The van der Waals surface area contributed by atoms with Crippen LogP contribution in [0.5, 0.6) is 0 Å². The van der Waals surface area contributed by atoms with E-state index in [0.717, 1.165) is 5.56 Å². The normalized spacial score (nSPS) is 11.6. The van der Waals surface area contributed by atoms with E-state index in [2.05, 4.69) is 0 Å². The number of nitriles is 1. The first-order valence-electron chi connectivity index (χ1n) is 6.09. The van der Waals surface area contributed by atoms with Crippen molar-refractivity contribution in [3.8, 4) is 6.07 Å². The molecule has 4 nitrogen and oxygen atoms in total. The number of hydrogen-bond acceptors (Lipinski definition) is 3. The number of carbonyl (C=O) groups is 1. The Morgan fingerprint density at radius 1 is 1.20 bits per heavy atom. The summed E-state index contributed by atoms with van der Waals surface area (Å²) < 4.78 is 5.47. The minimum absolute atomic E-state index is 0.203. The van der Waals surface area contributed by atoms with Crippen molar-refractivity contribution in [2.45, 2.75) is 12.7 Å². The van der Waals surface area contributed by atoms with E-state index in [1.807, 2.05) is 36.4 Å². The second-order valence-corrected chi connectivity index (χ2v) is 4.25. The Morgan fingerprint density at radius 3 is 2.60 bits per heavy atom. The zero-order valence-electron chi connectivity index (χ0n) is 10.7. The number of hydrogen-bond donors (Lipinski definition) is 1. The number of carboxylic acid groups (broad SMARTS) is 1. The van der Waals surface area contributed by atoms with Gasteiger partial charge >= 0.3 is 5.97 Å². The number of benzene rings is 2. The van der Waals surface area contributed by atoms with Gasteiger partial charge in [-0.15, -0.1) is 0 Å². The molecule has 1 atom stereocenters. The fraction of sp³-hybridized carbons (Fsp3) is 0.125. The van der Waals surface area contributed by atoms with Crippen molar-refractivity contribution in [1.29, 1.82) is 5.26 Å². The van der Waals surface area contributed by atoms with E-state index >= 15 is 0 Å². The lowest BCUT2D eigenvalue weighted by Gasteiger charge is -2.14. The largest absolute Gasteiger partial charge is 0.479 e. The van der Waals surface area contributed by atoms with Gasteiger partial charge in [-0.25, -0.2) is 4.79 Å². The Hall–Kier alpha value is -2.64. The monoisotopic (exact) mass is 267 g/mol. The molecule has 0 saturated heterocycles. The molecule has 0 radical (unpaired) electrons. The van der Waals surface area contributed by atoms with Crippen LogP contribution in [0.15, 0.2) is 54.6 Å². The highest BCUT2D eigenvalue weighted by Crippen LogP contribution is 2.20. The number of aliphatic carboxylic acids is 1. The molecule has 2 rings (SSSR count). The van der Waals surface area contributed by atoms with Gasteiger partial charge in [0.05, 0.1) is 18.2 Å². The molecular formula is C16H13NO3. The molecule has 4 heteroatoms. The zero-order valence-corrected chi connectivity index (χ0v) is 10.7. The van der Waals surface area contributed by atoms with Gasteiger partial charge in [0.25, 0.3) is 0 Å². The molecule has 2 aromatic carbocycles. The van der Waals surface area contributed by atoms with Crippen LogP contribution in [0.4, 0.5) is 0 Å². The molecule has 0 fully saturated rings. The van der Waals surface area contributed by atoms with Crippen molar-refractivity contribution in [1.82, 2.24) is 0 Å². The molecule has 0 spiro atoms. The lowest BCUT2D eigenvalue weighted by atomic mass is 10.1. The minimum atomic E-state index is -1.08. The fourth-order valence-corrected chi connectivity index (χ4v) is 1.84. The highest BCUT2D eigenvalue weighted by Gasteiger charge is 2.20. The predicted molar refractivity (Wildman–Crippen MR) is 72.8 cm³/mol. The number of ether oxygens (including phenoxy) is 1. The average molecular weight is 267 g/mol. The third-order valence-electron chi connectivity index (χ3n) is 2.80. The van der Waals surface area contributed by atoms with E-state index in [4.69, 9.17) is 10.00 Å². The molecule has 1 N–H and O–H groups in total. The SMILES string of the molecule is N#Cc1cccc(C(OCc2ccccc2)C(=O)O)c1. The molecule has 0 aromatic heterocycles. The summed E-state index contributed by atoms with van der Waals surface area (Å²) in [6, 6.07) is 17.8. The quantitative estimate of drug-likeness (QED) is 0.904. The van der Waals surface area contributed by atoms with Crippen LogP contribution in [0.25, 0.3) is 0 Å². The molecular weight excluding hydrogens is 254 g/mol. The van der Waals surface area contributed by atoms with Crippen molar-refractivity contribution < 1.29 is 14.6 Å². The molecule has 0 aliphatic heterocycles. The molecule has 20 heavy (non-hydrogen) atoms. The van der Waals surface area contributed by atoms with E-state index in [0.29, 0.717) is 11.1 Å². The van der Waals surface area contributed by atoms with E-state index < -0.39 is 12.1 Å². The average Bonchev–Trinajstić information content (AvgIpc) is 2.48. The standard InChI is InChI=1S/C16H13NO3/c17-10-13-7-4-8-14(9-13)15(16(18)19)20-11-12-5-2-1-3-6-12/h1-9,15H,11H2,(H,18,19). The van der Waals surface area contributed by atoms with E-state index in [9.17, 15) is 9.90 Å². The summed E-state index contributed by atoms with van der Waals surface area (Å²) in [7, 11) is 0. The van der Waals surface area contributed by atoms with Gasteiger partial charge in [0.2, 0.25) is 0 Å². The molecule has 0 aliphatic carbocycles. The zero-order chi connectivity index (χ0) is 14.4. The first kappa shape index (κ1) is 13.8. The van der Waals surface area contributed by atoms with Crippen LogP contribution in [0.2, 0.25) is 0 Å². The number of carboxylic acids is 1. The highest BCUT2D eigenvalue weighted by molar-refractivity contribution is 5.74. The summed E-state index contributed by atoms with van der Waals surface area (Å²) in [6.07, 6.45) is -1.08. The second kappa shape index (κ2) is 6.50. The molecule has 1 unspecified atom stereocenters. The van der Waals surface area contributed by atoms with Crippen LogP contribution in [0.3, 0.4) is 0 Å². The van der Waals surface area contributed by atoms with Gasteiger partial charge in [0.1, 0.15) is 0 Å². The highest BCUT2D eigenvalue weighted by atomic mass is 16.5. The van der Waals surface area contributed by atoms with Gasteiger partial charge in [-0.1, -0.05) is 42.5 Å². The molecule has 0 heterocycles. The summed E-state index contributed by atoms with van der Waals surface area (Å²) in [5.41, 5.74) is 1.78. The Bertz CT molecular complexity index is 632. The summed E-state index contributed by atoms with van der Waals surface area (Å²) >= 11 is 0. The second-order valence-electron chi connectivity index (χ2n) is 4.25. The van der Waals surface area contributed by atoms with Gasteiger partial charge in [0, 0.05) is 0 Å². The summed E-state index contributed by atoms with van der Waals surface area (Å²) in [5.74, 6) is -1.07. The number of nitrogens with zero attached hydrogens (tertiary/aromatic N) is 1. The van der Waals surface area contributed by atoms with E-state index in [1.165, 1.54) is 6.07 Å². The first-order valence-corrected chi connectivity index (χ1v) is 6.09. The number of rotatable bonds is 5. The van der Waals surface area contributed by atoms with Crippen LogP contribution in [-0.4, -0.2) is 11.1 Å². The van der Waals surface area contributed by atoms with Gasteiger partial charge in [-0.05, 0) is 23.3 Å². The van der Waals surface area contributed by atoms with Gasteiger partial charge < -0.3 is 9.84 Å². The first-order chi connectivity index (χ1) is 9.70. The van der Waals surface area contributed by atoms with Crippen LogP contribution in [0.1, 0.15) is 22.8 Å². The molecule has 100 valence electrons. The molecule has 2 aromatic rings. The maximum atomic E-state index is 11.3. The van der Waals surface area contributed by atoms with Crippen molar-refractivity contribution in [2.75, 3.05) is 0 Å². The molecule has 0 amide bonds. The Kier molecular flexibility index (Phi) is 4.48. The fourth-order valence-electron chi connectivity index (χ4n) is 1.84. The van der Waals surface area contributed by atoms with E-state index in [1.54, 1.807) is 18.2 Å². The lowest BCUT2D eigenvalue weighted by Crippen LogP contribution is -2.15. The maximum Gasteiger partial charge on any atom is 0.337 e. The topological polar surface area (TPSA) is 70.3 Å². The smallest absolute Gasteiger partial charge is 0.337 e. The Morgan fingerprint density at radius 2 is 1.95 bits per heavy atom. The van der Waals surface area contributed by atoms with Crippen molar-refractivity contribution in [3.63, 3.8) is 0 Å². The van der Waals surface area contributed by atoms with Crippen LogP contribution >= 0.6 is 0 Å². The lowest BCUT2D eigenvalue weighted by molar-refractivity contribution is -0.151. The van der Waals surface area contributed by atoms with Crippen molar-refractivity contribution in [3.05, 3.63) is 71.3 Å². The third-order valence-corrected chi connectivity index (χ3v) is 2.80. The Labute approximate surface area is 116 Å². The summed E-state index contributed by atoms with van der Waals surface area (Å²) in [5, 5.41) is 18.1. The van der Waals surface area contributed by atoms with Crippen molar-refractivity contribution >= 4 is 5.97 Å². The van der Waals surface area contributed by atoms with Crippen LogP contribution < -0.4 is 0 Å². The summed E-state index contributed by atoms with van der Waals surface area (Å²) in [4.78, 5) is 11.3. The molecule has 0 bridgehead atoms. The third kappa shape index (κ3) is 3.44. The minimum Gasteiger partial charge on any atom is -0.479 e.